The van der Waals surface area contributed by atoms with Gasteiger partial charge in [-0.05, 0) is 5.92 Å². The Morgan fingerprint density at radius 2 is 2.00 bits per heavy atom. The lowest BCUT2D eigenvalue weighted by Crippen LogP contribution is -2.62. The van der Waals surface area contributed by atoms with Gasteiger partial charge < -0.3 is 10.5 Å². The van der Waals surface area contributed by atoms with Gasteiger partial charge in [-0.2, -0.15) is 0 Å². The summed E-state index contributed by atoms with van der Waals surface area (Å²) in [5.41, 5.74) is 8.95. The molecule has 0 aromatic carbocycles. The van der Waals surface area contributed by atoms with Crippen molar-refractivity contribution in [1.82, 2.24) is 10.4 Å². The molecule has 1 unspecified atom stereocenters. The normalized spacial score (nSPS) is 16.6. The van der Waals surface area contributed by atoms with Crippen LogP contribution in [0.1, 0.15) is 13.8 Å². The second-order valence-electron chi connectivity index (χ2n) is 3.95. The molecule has 1 atom stereocenters. The molecule has 0 spiro atoms. The van der Waals surface area contributed by atoms with Crippen LogP contribution in [0.5, 0.6) is 0 Å². The van der Waals surface area contributed by atoms with Crippen molar-refractivity contribution >= 4 is 0 Å². The molecule has 0 bridgehead atoms. The first kappa shape index (κ1) is 12.8. The van der Waals surface area contributed by atoms with Crippen molar-refractivity contribution < 1.29 is 4.74 Å². The number of nitrogens with one attached hydrogen (secondary N) is 1. The lowest BCUT2D eigenvalue weighted by atomic mass is 9.88. The van der Waals surface area contributed by atoms with Crippen LogP contribution in [0.4, 0.5) is 0 Å². The topological polar surface area (TPSA) is 50.5 Å². The molecule has 0 heterocycles. The van der Waals surface area contributed by atoms with Gasteiger partial charge in [0.15, 0.2) is 0 Å². The van der Waals surface area contributed by atoms with Crippen molar-refractivity contribution in [3.8, 4) is 0 Å². The summed E-state index contributed by atoms with van der Waals surface area (Å²) in [7, 11) is 5.62. The van der Waals surface area contributed by atoms with E-state index in [1.54, 1.807) is 7.11 Å². The summed E-state index contributed by atoms with van der Waals surface area (Å²) in [6.07, 6.45) is 0. The van der Waals surface area contributed by atoms with Gasteiger partial charge in [0.25, 0.3) is 0 Å². The van der Waals surface area contributed by atoms with E-state index < -0.39 is 0 Å². The van der Waals surface area contributed by atoms with Crippen molar-refractivity contribution in [2.45, 2.75) is 19.4 Å². The zero-order valence-electron chi connectivity index (χ0n) is 9.42. The van der Waals surface area contributed by atoms with Crippen LogP contribution in [0.25, 0.3) is 0 Å². The standard InChI is InChI=1S/C9H23N3O/c1-8(2)9(6-10,7-13-5)11-12(3)4/h8,11H,6-7,10H2,1-5H3. The van der Waals surface area contributed by atoms with E-state index in [9.17, 15) is 0 Å². The third kappa shape index (κ3) is 3.60. The first-order valence-corrected chi connectivity index (χ1v) is 4.62. The maximum Gasteiger partial charge on any atom is 0.0703 e. The smallest absolute Gasteiger partial charge is 0.0703 e. The Morgan fingerprint density at radius 1 is 1.46 bits per heavy atom. The Hall–Kier alpha value is -0.160. The summed E-state index contributed by atoms with van der Waals surface area (Å²) >= 11 is 0. The van der Waals surface area contributed by atoms with Gasteiger partial charge in [0.2, 0.25) is 0 Å². The van der Waals surface area contributed by atoms with Gasteiger partial charge >= 0.3 is 0 Å². The molecule has 0 aliphatic rings. The predicted octanol–water partition coefficient (Wildman–Crippen LogP) is 0.0525. The van der Waals surface area contributed by atoms with Crippen molar-refractivity contribution in [2.75, 3.05) is 34.4 Å². The maximum atomic E-state index is 5.77. The van der Waals surface area contributed by atoms with Crippen LogP contribution in [0.3, 0.4) is 0 Å². The largest absolute Gasteiger partial charge is 0.383 e. The van der Waals surface area contributed by atoms with Crippen LogP contribution in [0.15, 0.2) is 0 Å². The molecule has 0 fully saturated rings. The van der Waals surface area contributed by atoms with Gasteiger partial charge in [-0.1, -0.05) is 13.8 Å². The SMILES string of the molecule is COCC(CN)(NN(C)C)C(C)C. The van der Waals surface area contributed by atoms with Gasteiger partial charge in [-0.25, -0.2) is 10.4 Å². The summed E-state index contributed by atoms with van der Waals surface area (Å²) in [4.78, 5) is 0. The van der Waals surface area contributed by atoms with Gasteiger partial charge in [0.05, 0.1) is 12.1 Å². The minimum atomic E-state index is -0.155. The number of ether oxygens (including phenoxy) is 1. The van der Waals surface area contributed by atoms with Gasteiger partial charge in [0, 0.05) is 27.7 Å². The van der Waals surface area contributed by atoms with E-state index in [4.69, 9.17) is 10.5 Å². The molecular weight excluding hydrogens is 166 g/mol. The minimum Gasteiger partial charge on any atom is -0.383 e. The Morgan fingerprint density at radius 3 is 2.23 bits per heavy atom. The molecule has 0 saturated carbocycles. The Labute approximate surface area is 81.4 Å². The second kappa shape index (κ2) is 5.54. The molecule has 3 N–H and O–H groups in total. The van der Waals surface area contributed by atoms with E-state index in [1.165, 1.54) is 0 Å². The molecule has 13 heavy (non-hydrogen) atoms. The molecule has 0 amide bonds. The van der Waals surface area contributed by atoms with E-state index in [2.05, 4.69) is 19.3 Å². The van der Waals surface area contributed by atoms with Crippen molar-refractivity contribution in [3.05, 3.63) is 0 Å². The molecule has 0 rings (SSSR count). The van der Waals surface area contributed by atoms with Gasteiger partial charge in [-0.15, -0.1) is 0 Å². The number of rotatable bonds is 6. The number of methoxy groups -OCH3 is 1. The van der Waals surface area contributed by atoms with Crippen LogP contribution < -0.4 is 11.2 Å². The highest BCUT2D eigenvalue weighted by molar-refractivity contribution is 4.90. The zero-order chi connectivity index (χ0) is 10.5. The minimum absolute atomic E-state index is 0.155. The van der Waals surface area contributed by atoms with Crippen LogP contribution in [-0.4, -0.2) is 44.9 Å². The lowest BCUT2D eigenvalue weighted by molar-refractivity contribution is 0.0351. The quantitative estimate of drug-likeness (QED) is 0.580. The number of hydrazine groups is 1. The first-order chi connectivity index (χ1) is 5.98. The molecule has 4 nitrogen and oxygen atoms in total. The molecule has 0 aliphatic heterocycles. The van der Waals surface area contributed by atoms with E-state index in [0.29, 0.717) is 19.1 Å². The molecule has 80 valence electrons. The fourth-order valence-corrected chi connectivity index (χ4v) is 1.37. The summed E-state index contributed by atoms with van der Waals surface area (Å²) in [6.45, 7) is 5.47. The molecule has 0 radical (unpaired) electrons. The molecule has 0 saturated heterocycles. The third-order valence-electron chi connectivity index (χ3n) is 2.32. The number of hydrogen-bond acceptors (Lipinski definition) is 4. The van der Waals surface area contributed by atoms with Crippen molar-refractivity contribution in [2.24, 2.45) is 11.7 Å². The fourth-order valence-electron chi connectivity index (χ4n) is 1.37. The Bertz CT molecular complexity index is 139. The number of nitrogens with two attached hydrogens (primary N) is 1. The average molecular weight is 189 g/mol. The fraction of sp³-hybridized carbons (Fsp3) is 1.00. The van der Waals surface area contributed by atoms with Gasteiger partial charge in [-0.3, -0.25) is 0 Å². The Balaban J connectivity index is 4.44. The maximum absolute atomic E-state index is 5.77. The molecule has 0 aromatic rings. The highest BCUT2D eigenvalue weighted by atomic mass is 16.5. The van der Waals surface area contributed by atoms with E-state index in [0.717, 1.165) is 0 Å². The molecule has 0 aromatic heterocycles. The first-order valence-electron chi connectivity index (χ1n) is 4.62. The van der Waals surface area contributed by atoms with E-state index in [-0.39, 0.29) is 5.54 Å². The third-order valence-corrected chi connectivity index (χ3v) is 2.32. The lowest BCUT2D eigenvalue weighted by Gasteiger charge is -2.39. The van der Waals surface area contributed by atoms with E-state index in [1.807, 2.05) is 19.1 Å². The summed E-state index contributed by atoms with van der Waals surface area (Å²) in [6, 6.07) is 0. The van der Waals surface area contributed by atoms with Crippen LogP contribution in [0, 0.1) is 5.92 Å². The summed E-state index contributed by atoms with van der Waals surface area (Å²) in [5.74, 6) is 0.430. The monoisotopic (exact) mass is 189 g/mol. The molecule has 0 aliphatic carbocycles. The van der Waals surface area contributed by atoms with Crippen LogP contribution in [0.2, 0.25) is 0 Å². The average Bonchev–Trinajstić information content (AvgIpc) is 2.02. The highest BCUT2D eigenvalue weighted by Gasteiger charge is 2.32. The predicted molar refractivity (Wildman–Crippen MR) is 55.3 cm³/mol. The number of hydrogen-bond donors (Lipinski definition) is 2. The Kier molecular flexibility index (Phi) is 5.48. The summed E-state index contributed by atoms with van der Waals surface area (Å²) < 4.78 is 5.19. The van der Waals surface area contributed by atoms with Crippen molar-refractivity contribution in [3.63, 3.8) is 0 Å². The van der Waals surface area contributed by atoms with E-state index >= 15 is 0 Å². The summed E-state index contributed by atoms with van der Waals surface area (Å²) in [5, 5.41) is 1.92. The highest BCUT2D eigenvalue weighted by Crippen LogP contribution is 2.16. The van der Waals surface area contributed by atoms with Crippen LogP contribution >= 0.6 is 0 Å². The molecule has 4 heteroatoms. The molecular formula is C9H23N3O. The van der Waals surface area contributed by atoms with Crippen LogP contribution in [-0.2, 0) is 4.74 Å². The van der Waals surface area contributed by atoms with Crippen molar-refractivity contribution in [1.29, 1.82) is 0 Å². The second-order valence-corrected chi connectivity index (χ2v) is 3.95. The van der Waals surface area contributed by atoms with Gasteiger partial charge in [0.1, 0.15) is 0 Å². The zero-order valence-corrected chi connectivity index (χ0v) is 9.42. The number of nitrogens with zero attached hydrogens (tertiary/aromatic N) is 1.